The van der Waals surface area contributed by atoms with Crippen molar-refractivity contribution in [3.05, 3.63) is 0 Å². The number of hydrogen-bond donors (Lipinski definition) is 1. The maximum atomic E-state index is 6.64. The van der Waals surface area contributed by atoms with E-state index in [9.17, 15) is 0 Å². The first kappa shape index (κ1) is 6.18. The van der Waals surface area contributed by atoms with Crippen molar-refractivity contribution in [3.63, 3.8) is 0 Å². The summed E-state index contributed by atoms with van der Waals surface area (Å²) in [6, 6.07) is 0. The molecular weight excluding hydrogens is 318 g/mol. The van der Waals surface area contributed by atoms with Gasteiger partial charge in [-0.05, 0) is 0 Å². The topological polar surface area (TPSA) is 36.2 Å². The maximum absolute atomic E-state index is 6.64. The molecule has 0 bridgehead atoms. The fourth-order valence-electron chi connectivity index (χ4n) is 0.290. The van der Waals surface area contributed by atoms with E-state index in [2.05, 4.69) is 27.7 Å². The molecule has 42 valence electrons. The molecule has 1 aliphatic heterocycles. The molecule has 0 aromatic heterocycles. The Hall–Kier alpha value is 1.06. The molecule has 2 nitrogen and oxygen atoms in total. The predicted molar refractivity (Wildman–Crippen MR) is 46.7 cm³/mol. The molecule has 4 heteroatoms. The van der Waals surface area contributed by atoms with E-state index < -0.39 is 19.8 Å². The van der Waals surface area contributed by atoms with Crippen molar-refractivity contribution in [1.29, 1.82) is 5.53 Å². The Morgan fingerprint density at radius 1 is 1.71 bits per heavy atom. The van der Waals surface area contributed by atoms with Crippen LogP contribution in [0.25, 0.3) is 0 Å². The van der Waals surface area contributed by atoms with Gasteiger partial charge in [0.25, 0.3) is 0 Å². The van der Waals surface area contributed by atoms with Crippen molar-refractivity contribution in [2.45, 2.75) is 2.06 Å². The van der Waals surface area contributed by atoms with E-state index >= 15 is 0 Å². The summed E-state index contributed by atoms with van der Waals surface area (Å²) in [5.74, 6) is 0. The van der Waals surface area contributed by atoms with Gasteiger partial charge in [-0.1, -0.05) is 0 Å². The number of alkyl halides is 4. The van der Waals surface area contributed by atoms with Crippen molar-refractivity contribution in [1.82, 2.24) is 0 Å². The molecule has 0 aromatic rings. The van der Waals surface area contributed by atoms with E-state index in [-0.39, 0.29) is 0 Å². The van der Waals surface area contributed by atoms with Crippen LogP contribution in [0.1, 0.15) is 0 Å². The Bertz CT molecular complexity index is 81.0. The molecule has 0 aliphatic carbocycles. The van der Waals surface area contributed by atoms with Crippen molar-refractivity contribution in [3.8, 4) is 0 Å². The first-order chi connectivity index (χ1) is 3.34. The van der Waals surface area contributed by atoms with Crippen LogP contribution in [-0.2, 0) is 0 Å². The first-order valence-electron chi connectivity index (χ1n) is 1.95. The molecule has 1 N–H and O–H groups in total. The molecule has 1 unspecified atom stereocenters. The average Bonchev–Trinajstić information content (AvgIpc) is 2.44. The van der Waals surface area contributed by atoms with Crippen molar-refractivity contribution in [2.24, 2.45) is 5.11 Å². The standard InChI is InChI=1S/C3H6I2N2/c4-3(7-6)5-1-2-5/h3,6H,1-2H2. The second-order valence-corrected chi connectivity index (χ2v) is 11.0. The Morgan fingerprint density at radius 3 is 2.43 bits per heavy atom. The molecule has 1 heterocycles. The van der Waals surface area contributed by atoms with Crippen LogP contribution in [-0.4, -0.2) is 10.9 Å². The number of hydrogen-bond acceptors (Lipinski definition) is 2. The molecule has 0 spiro atoms. The van der Waals surface area contributed by atoms with Crippen LogP contribution < -0.4 is 0 Å². The molecule has 1 aliphatic rings. The van der Waals surface area contributed by atoms with Crippen LogP contribution in [0, 0.1) is 5.53 Å². The van der Waals surface area contributed by atoms with Crippen LogP contribution >= 0.6 is 42.4 Å². The van der Waals surface area contributed by atoms with Gasteiger partial charge in [-0.15, -0.1) is 0 Å². The van der Waals surface area contributed by atoms with Crippen LogP contribution in [0.15, 0.2) is 5.11 Å². The van der Waals surface area contributed by atoms with Crippen molar-refractivity contribution < 1.29 is 0 Å². The van der Waals surface area contributed by atoms with Gasteiger partial charge < -0.3 is 0 Å². The fraction of sp³-hybridized carbons (Fsp3) is 1.00. The summed E-state index contributed by atoms with van der Waals surface area (Å²) in [5, 5.41) is 3.46. The van der Waals surface area contributed by atoms with Crippen LogP contribution in [0.2, 0.25) is 0 Å². The minimum absolute atomic E-state index is 0.432. The summed E-state index contributed by atoms with van der Waals surface area (Å²) in [6.45, 7) is 0. The Morgan fingerprint density at radius 2 is 2.29 bits per heavy atom. The van der Waals surface area contributed by atoms with Gasteiger partial charge in [-0.3, -0.25) is 0 Å². The van der Waals surface area contributed by atoms with Gasteiger partial charge >= 0.3 is 64.0 Å². The molecule has 0 amide bonds. The Labute approximate surface area is 63.5 Å². The number of nitrogens with zero attached hydrogens (tertiary/aromatic N) is 1. The third kappa shape index (κ3) is 1.79. The van der Waals surface area contributed by atoms with E-state index in [1.165, 1.54) is 8.86 Å². The fourth-order valence-corrected chi connectivity index (χ4v) is 6.68. The van der Waals surface area contributed by atoms with Gasteiger partial charge in [0.1, 0.15) is 0 Å². The van der Waals surface area contributed by atoms with Crippen LogP contribution in [0.5, 0.6) is 0 Å². The number of rotatable bonds is 2. The molecule has 0 radical (unpaired) electrons. The van der Waals surface area contributed by atoms with Gasteiger partial charge in [0.2, 0.25) is 0 Å². The van der Waals surface area contributed by atoms with Crippen LogP contribution in [0.3, 0.4) is 0 Å². The monoisotopic (exact) mass is 324 g/mol. The summed E-state index contributed by atoms with van der Waals surface area (Å²) in [6.07, 6.45) is 0. The number of halogens is 2. The normalized spacial score (nSPS) is 26.7. The molecule has 1 atom stereocenters. The Balaban J connectivity index is 2.22. The molecule has 7 heavy (non-hydrogen) atoms. The van der Waals surface area contributed by atoms with Gasteiger partial charge in [0.05, 0.1) is 0 Å². The van der Waals surface area contributed by atoms with E-state index in [0.29, 0.717) is 2.06 Å². The summed E-state index contributed by atoms with van der Waals surface area (Å²) >= 11 is 1.75. The zero-order chi connectivity index (χ0) is 5.28. The van der Waals surface area contributed by atoms with Gasteiger partial charge in [0, 0.05) is 0 Å². The summed E-state index contributed by atoms with van der Waals surface area (Å²) in [5.41, 5.74) is 6.64. The number of nitrogens with one attached hydrogen (secondary N) is 1. The molecule has 0 saturated carbocycles. The van der Waals surface area contributed by atoms with Gasteiger partial charge in [-0.2, -0.15) is 0 Å². The summed E-state index contributed by atoms with van der Waals surface area (Å²) in [4.78, 5) is 0. The van der Waals surface area contributed by atoms with E-state index in [0.717, 1.165) is 0 Å². The SMILES string of the molecule is N=NC(I)I1CC1. The predicted octanol–water partition coefficient (Wildman–Crippen LogP) is 2.26. The quantitative estimate of drug-likeness (QED) is 0.350. The molecule has 0 aromatic carbocycles. The molecule has 1 saturated heterocycles. The van der Waals surface area contributed by atoms with Crippen molar-refractivity contribution in [2.75, 3.05) is 8.86 Å². The second-order valence-electron chi connectivity index (χ2n) is 1.28. The van der Waals surface area contributed by atoms with E-state index in [1.54, 1.807) is 0 Å². The zero-order valence-electron chi connectivity index (χ0n) is 3.69. The minimum atomic E-state index is -0.527. The van der Waals surface area contributed by atoms with Gasteiger partial charge in [0.15, 0.2) is 0 Å². The molecular formula is C3H6I2N2. The van der Waals surface area contributed by atoms with Crippen molar-refractivity contribution >= 4 is 42.4 Å². The average molecular weight is 324 g/mol. The summed E-state index contributed by atoms with van der Waals surface area (Å²) < 4.78 is 3.32. The molecule has 1 rings (SSSR count). The summed E-state index contributed by atoms with van der Waals surface area (Å²) in [7, 11) is 0. The Kier molecular flexibility index (Phi) is 2.26. The second kappa shape index (κ2) is 2.56. The third-order valence-electron chi connectivity index (χ3n) is 0.759. The van der Waals surface area contributed by atoms with Gasteiger partial charge in [-0.25, -0.2) is 0 Å². The van der Waals surface area contributed by atoms with E-state index in [4.69, 9.17) is 5.53 Å². The molecule has 1 fully saturated rings. The van der Waals surface area contributed by atoms with E-state index in [1.807, 2.05) is 0 Å². The van der Waals surface area contributed by atoms with Crippen LogP contribution in [0.4, 0.5) is 0 Å². The first-order valence-corrected chi connectivity index (χ1v) is 7.50. The third-order valence-corrected chi connectivity index (χ3v) is 9.56. The zero-order valence-corrected chi connectivity index (χ0v) is 8.01.